The third-order valence-corrected chi connectivity index (χ3v) is 4.33. The van der Waals surface area contributed by atoms with Crippen LogP contribution in [0, 0.1) is 0 Å². The Bertz CT molecular complexity index is 976. The molecule has 0 saturated carbocycles. The third kappa shape index (κ3) is 2.93. The standard InChI is InChI=1S/C19H17N3O4/c1-25-16-9-7-12-6-8-15(20-18(12)21-16)22-10-13-4-2-3-5-14(13)19(22)26-11-17(23)24/h2-9,19H,10-11H2,1H3,(H,23,24). The summed E-state index contributed by atoms with van der Waals surface area (Å²) in [5.74, 6) is 0.155. The molecule has 7 nitrogen and oxygen atoms in total. The molecule has 0 bridgehead atoms. The molecule has 0 radical (unpaired) electrons. The summed E-state index contributed by atoms with van der Waals surface area (Å²) in [6.07, 6.45) is -0.502. The third-order valence-electron chi connectivity index (χ3n) is 4.33. The van der Waals surface area contributed by atoms with E-state index in [2.05, 4.69) is 9.97 Å². The summed E-state index contributed by atoms with van der Waals surface area (Å²) in [5, 5.41) is 9.89. The smallest absolute Gasteiger partial charge is 0.329 e. The van der Waals surface area contributed by atoms with Crippen LogP contribution in [0.5, 0.6) is 5.88 Å². The Labute approximate surface area is 149 Å². The van der Waals surface area contributed by atoms with Gasteiger partial charge >= 0.3 is 5.97 Å². The number of fused-ring (bicyclic) bond motifs is 2. The molecule has 0 spiro atoms. The van der Waals surface area contributed by atoms with E-state index in [0.717, 1.165) is 16.5 Å². The van der Waals surface area contributed by atoms with Crippen LogP contribution in [0.1, 0.15) is 17.4 Å². The second-order valence-corrected chi connectivity index (χ2v) is 5.95. The molecule has 1 atom stereocenters. The minimum absolute atomic E-state index is 0.380. The number of hydrogen-bond donors (Lipinski definition) is 1. The molecule has 132 valence electrons. The highest BCUT2D eigenvalue weighted by atomic mass is 16.5. The molecule has 26 heavy (non-hydrogen) atoms. The van der Waals surface area contributed by atoms with Crippen LogP contribution in [0.4, 0.5) is 5.82 Å². The van der Waals surface area contributed by atoms with Crippen LogP contribution in [0.3, 0.4) is 0 Å². The number of ether oxygens (including phenoxy) is 2. The van der Waals surface area contributed by atoms with Gasteiger partial charge in [0, 0.05) is 23.6 Å². The summed E-state index contributed by atoms with van der Waals surface area (Å²) in [4.78, 5) is 21.9. The van der Waals surface area contributed by atoms with E-state index in [1.807, 2.05) is 47.4 Å². The molecular formula is C19H17N3O4. The van der Waals surface area contributed by atoms with Gasteiger partial charge in [0.1, 0.15) is 12.4 Å². The summed E-state index contributed by atoms with van der Waals surface area (Å²) >= 11 is 0. The van der Waals surface area contributed by atoms with Crippen LogP contribution in [0.2, 0.25) is 0 Å². The molecular weight excluding hydrogens is 334 g/mol. The summed E-state index contributed by atoms with van der Waals surface area (Å²) in [5.41, 5.74) is 2.60. The number of pyridine rings is 2. The number of carboxylic acids is 1. The monoisotopic (exact) mass is 351 g/mol. The van der Waals surface area contributed by atoms with E-state index in [1.54, 1.807) is 13.2 Å². The normalized spacial score (nSPS) is 15.9. The van der Waals surface area contributed by atoms with Gasteiger partial charge in [0.25, 0.3) is 0 Å². The number of aromatic nitrogens is 2. The maximum absolute atomic E-state index is 11.0. The molecule has 3 heterocycles. The van der Waals surface area contributed by atoms with Gasteiger partial charge < -0.3 is 19.5 Å². The van der Waals surface area contributed by atoms with Crippen molar-refractivity contribution in [3.8, 4) is 5.88 Å². The molecule has 1 aliphatic rings. The number of carbonyl (C=O) groups is 1. The first-order valence-corrected chi connectivity index (χ1v) is 8.15. The maximum Gasteiger partial charge on any atom is 0.329 e. The predicted octanol–water partition coefficient (Wildman–Crippen LogP) is 2.76. The highest BCUT2D eigenvalue weighted by molar-refractivity contribution is 5.77. The Morgan fingerprint density at radius 2 is 2.00 bits per heavy atom. The van der Waals surface area contributed by atoms with Crippen molar-refractivity contribution in [1.82, 2.24) is 9.97 Å². The first-order chi connectivity index (χ1) is 12.7. The minimum atomic E-state index is -1.01. The number of rotatable bonds is 5. The van der Waals surface area contributed by atoms with Crippen LogP contribution in [-0.4, -0.2) is 34.8 Å². The van der Waals surface area contributed by atoms with E-state index in [9.17, 15) is 4.79 Å². The maximum atomic E-state index is 11.0. The van der Waals surface area contributed by atoms with Crippen molar-refractivity contribution in [1.29, 1.82) is 0 Å². The van der Waals surface area contributed by atoms with Gasteiger partial charge in [0.15, 0.2) is 11.9 Å². The highest BCUT2D eigenvalue weighted by Crippen LogP contribution is 2.37. The number of carboxylic acid groups (broad SMARTS) is 1. The highest BCUT2D eigenvalue weighted by Gasteiger charge is 2.32. The van der Waals surface area contributed by atoms with Gasteiger partial charge in [-0.1, -0.05) is 24.3 Å². The largest absolute Gasteiger partial charge is 0.481 e. The van der Waals surface area contributed by atoms with E-state index in [-0.39, 0.29) is 6.61 Å². The molecule has 2 aromatic heterocycles. The average molecular weight is 351 g/mol. The van der Waals surface area contributed by atoms with Gasteiger partial charge in [0.2, 0.25) is 5.88 Å². The Kier molecular flexibility index (Phi) is 4.14. The number of methoxy groups -OCH3 is 1. The van der Waals surface area contributed by atoms with Crippen LogP contribution >= 0.6 is 0 Å². The molecule has 7 heteroatoms. The molecule has 0 saturated heterocycles. The Morgan fingerprint density at radius 3 is 2.81 bits per heavy atom. The summed E-state index contributed by atoms with van der Waals surface area (Å²) in [6.45, 7) is 0.206. The Hall–Kier alpha value is -3.19. The summed E-state index contributed by atoms with van der Waals surface area (Å²) in [7, 11) is 1.56. The zero-order valence-electron chi connectivity index (χ0n) is 14.1. The topological polar surface area (TPSA) is 84.8 Å². The van der Waals surface area contributed by atoms with E-state index >= 15 is 0 Å². The van der Waals surface area contributed by atoms with Crippen molar-refractivity contribution in [2.24, 2.45) is 0 Å². The van der Waals surface area contributed by atoms with E-state index in [1.165, 1.54) is 0 Å². The van der Waals surface area contributed by atoms with Gasteiger partial charge in [-0.05, 0) is 23.8 Å². The predicted molar refractivity (Wildman–Crippen MR) is 95.0 cm³/mol. The van der Waals surface area contributed by atoms with Gasteiger partial charge in [-0.15, -0.1) is 0 Å². The lowest BCUT2D eigenvalue weighted by Gasteiger charge is -2.25. The number of benzene rings is 1. The number of anilines is 1. The quantitative estimate of drug-likeness (QED) is 0.756. The van der Waals surface area contributed by atoms with Gasteiger partial charge in [-0.2, -0.15) is 4.98 Å². The van der Waals surface area contributed by atoms with Crippen LogP contribution in [0.25, 0.3) is 11.0 Å². The van der Waals surface area contributed by atoms with Gasteiger partial charge in [-0.25, -0.2) is 9.78 Å². The fourth-order valence-electron chi connectivity index (χ4n) is 3.13. The Balaban J connectivity index is 1.73. The van der Waals surface area contributed by atoms with Gasteiger partial charge in [0.05, 0.1) is 7.11 Å². The lowest BCUT2D eigenvalue weighted by molar-refractivity contribution is -0.144. The number of nitrogens with zero attached hydrogens (tertiary/aromatic N) is 3. The fourth-order valence-corrected chi connectivity index (χ4v) is 3.13. The van der Waals surface area contributed by atoms with Crippen molar-refractivity contribution in [3.05, 3.63) is 59.7 Å². The van der Waals surface area contributed by atoms with Crippen molar-refractivity contribution in [2.45, 2.75) is 12.8 Å². The lowest BCUT2D eigenvalue weighted by atomic mass is 10.1. The van der Waals surface area contributed by atoms with E-state index in [4.69, 9.17) is 14.6 Å². The molecule has 1 N–H and O–H groups in total. The molecule has 1 aliphatic heterocycles. The molecule has 3 aromatic rings. The van der Waals surface area contributed by atoms with Crippen molar-refractivity contribution < 1.29 is 19.4 Å². The zero-order valence-corrected chi connectivity index (χ0v) is 14.1. The average Bonchev–Trinajstić information content (AvgIpc) is 3.04. The van der Waals surface area contributed by atoms with Gasteiger partial charge in [-0.3, -0.25) is 0 Å². The van der Waals surface area contributed by atoms with E-state index < -0.39 is 12.2 Å². The van der Waals surface area contributed by atoms with Crippen molar-refractivity contribution in [3.63, 3.8) is 0 Å². The lowest BCUT2D eigenvalue weighted by Crippen LogP contribution is -2.26. The van der Waals surface area contributed by atoms with Crippen molar-refractivity contribution >= 4 is 22.8 Å². The molecule has 0 amide bonds. The number of hydrogen-bond acceptors (Lipinski definition) is 6. The molecule has 1 aromatic carbocycles. The summed E-state index contributed by atoms with van der Waals surface area (Å²) in [6, 6.07) is 15.3. The minimum Gasteiger partial charge on any atom is -0.481 e. The zero-order chi connectivity index (χ0) is 18.1. The first kappa shape index (κ1) is 16.3. The summed E-state index contributed by atoms with van der Waals surface area (Å²) < 4.78 is 10.8. The van der Waals surface area contributed by atoms with Crippen LogP contribution in [0.15, 0.2) is 48.5 Å². The van der Waals surface area contributed by atoms with E-state index in [0.29, 0.717) is 23.9 Å². The fraction of sp³-hybridized carbons (Fsp3) is 0.211. The van der Waals surface area contributed by atoms with Crippen LogP contribution < -0.4 is 9.64 Å². The molecule has 0 aliphatic carbocycles. The second kappa shape index (κ2) is 6.61. The SMILES string of the molecule is COc1ccc2ccc(N3Cc4ccccc4C3OCC(=O)O)nc2n1. The van der Waals surface area contributed by atoms with Crippen LogP contribution in [-0.2, 0) is 16.1 Å². The molecule has 0 fully saturated rings. The Morgan fingerprint density at radius 1 is 1.19 bits per heavy atom. The molecule has 4 rings (SSSR count). The number of aliphatic carboxylic acids is 1. The molecule has 1 unspecified atom stereocenters. The second-order valence-electron chi connectivity index (χ2n) is 5.95. The van der Waals surface area contributed by atoms with Crippen molar-refractivity contribution in [2.75, 3.05) is 18.6 Å². The first-order valence-electron chi connectivity index (χ1n) is 8.15.